The Morgan fingerprint density at radius 1 is 1.05 bits per heavy atom. The number of ether oxygens (including phenoxy) is 2. The number of carboxylic acid groups (broad SMARTS) is 1. The topological polar surface area (TPSA) is 82.6 Å². The van der Waals surface area contributed by atoms with E-state index in [0.29, 0.717) is 11.1 Å². The van der Waals surface area contributed by atoms with E-state index in [4.69, 9.17) is 9.84 Å². The van der Waals surface area contributed by atoms with Crippen molar-refractivity contribution in [2.45, 2.75) is 75.3 Å². The average molecular weight is 535 g/mol. The van der Waals surface area contributed by atoms with Gasteiger partial charge in [-0.3, -0.25) is 9.59 Å². The zero-order chi connectivity index (χ0) is 26.8. The zero-order valence-corrected chi connectivity index (χ0v) is 20.2. The van der Waals surface area contributed by atoms with Crippen molar-refractivity contribution in [3.63, 3.8) is 0 Å². The predicted octanol–water partition coefficient (Wildman–Crippen LogP) is 5.32. The first kappa shape index (κ1) is 25.0. The Kier molecular flexibility index (Phi) is 6.01. The van der Waals surface area contributed by atoms with Crippen LogP contribution in [-0.4, -0.2) is 46.6 Å². The summed E-state index contributed by atoms with van der Waals surface area (Å²) < 4.78 is 62.1. The summed E-state index contributed by atoms with van der Waals surface area (Å²) in [4.78, 5) is 28.3. The van der Waals surface area contributed by atoms with Crippen molar-refractivity contribution < 1.29 is 41.7 Å². The van der Waals surface area contributed by atoms with Crippen LogP contribution in [0.3, 0.4) is 0 Å². The van der Waals surface area contributed by atoms with Crippen LogP contribution < -0.4 is 9.64 Å². The number of aliphatic carboxylic acids is 1. The molecule has 2 aromatic carbocycles. The number of rotatable bonds is 8. The molecule has 1 N–H and O–H groups in total. The van der Waals surface area contributed by atoms with Gasteiger partial charge in [-0.05, 0) is 61.6 Å². The second-order valence-corrected chi connectivity index (χ2v) is 10.4. The lowest BCUT2D eigenvalue weighted by molar-refractivity contribution is -0.274. The van der Waals surface area contributed by atoms with E-state index in [1.54, 1.807) is 11.0 Å². The molecule has 5 atom stereocenters. The van der Waals surface area contributed by atoms with Crippen LogP contribution in [0, 0.1) is 11.7 Å². The van der Waals surface area contributed by atoms with Crippen LogP contribution in [0.25, 0.3) is 0 Å². The summed E-state index contributed by atoms with van der Waals surface area (Å²) in [6.07, 6.45) is -2.52. The SMILES string of the molecule is O=C(O)CCC(=O)N(C1CC1)C1c2cc(F)ccc2N(C2OC2c2ccc(OC(F)(F)F)cc2)C2CCC12. The zero-order valence-electron chi connectivity index (χ0n) is 20.2. The molecule has 2 aromatic rings. The summed E-state index contributed by atoms with van der Waals surface area (Å²) in [5.41, 5.74) is 2.15. The summed E-state index contributed by atoms with van der Waals surface area (Å²) in [6, 6.07) is 9.81. The van der Waals surface area contributed by atoms with Gasteiger partial charge < -0.3 is 24.4 Å². The highest BCUT2D eigenvalue weighted by Crippen LogP contribution is 2.58. The Bertz CT molecular complexity index is 1250. The average Bonchev–Trinajstić information content (AvgIpc) is 3.74. The van der Waals surface area contributed by atoms with Crippen molar-refractivity contribution in [1.82, 2.24) is 4.90 Å². The van der Waals surface area contributed by atoms with Crippen LogP contribution in [0.15, 0.2) is 42.5 Å². The quantitative estimate of drug-likeness (QED) is 0.365. The Hall–Kier alpha value is -3.34. The summed E-state index contributed by atoms with van der Waals surface area (Å²) in [7, 11) is 0. The summed E-state index contributed by atoms with van der Waals surface area (Å²) in [5, 5.41) is 9.10. The van der Waals surface area contributed by atoms with Crippen LogP contribution in [0.5, 0.6) is 5.75 Å². The van der Waals surface area contributed by atoms with Crippen molar-refractivity contribution in [1.29, 1.82) is 0 Å². The molecule has 7 nitrogen and oxygen atoms in total. The molecular formula is C27H26F4N2O5. The first-order valence-electron chi connectivity index (χ1n) is 12.7. The standard InChI is InChI=1S/C27H26F4N2O5/c28-15-3-9-21-19(13-15)24(32(16-4-5-16)22(34)11-12-23(35)36)18-8-10-20(18)33(21)26-25(37-26)14-1-6-17(7-2-14)38-27(29,30)31/h1-3,6-7,9,13,16,18,20,24-26H,4-5,8,10-12H2,(H,35,36). The lowest BCUT2D eigenvalue weighted by atomic mass is 9.67. The van der Waals surface area contributed by atoms with Gasteiger partial charge in [0.25, 0.3) is 0 Å². The molecule has 0 aromatic heterocycles. The first-order valence-corrected chi connectivity index (χ1v) is 12.7. The third-order valence-electron chi connectivity index (χ3n) is 7.90. The molecule has 3 fully saturated rings. The van der Waals surface area contributed by atoms with Crippen LogP contribution in [-0.2, 0) is 14.3 Å². The smallest absolute Gasteiger partial charge is 0.481 e. The molecular weight excluding hydrogens is 508 g/mol. The number of hydrogen-bond donors (Lipinski definition) is 1. The Morgan fingerprint density at radius 3 is 2.39 bits per heavy atom. The number of fused-ring (bicyclic) bond motifs is 2. The van der Waals surface area contributed by atoms with E-state index >= 15 is 0 Å². The van der Waals surface area contributed by atoms with Crippen molar-refractivity contribution in [2.75, 3.05) is 4.90 Å². The van der Waals surface area contributed by atoms with E-state index in [0.717, 1.165) is 31.4 Å². The number of alkyl halides is 3. The third-order valence-corrected chi connectivity index (χ3v) is 7.90. The number of hydrogen-bond acceptors (Lipinski definition) is 5. The molecule has 2 heterocycles. The van der Waals surface area contributed by atoms with Crippen molar-refractivity contribution >= 4 is 17.6 Å². The molecule has 0 radical (unpaired) electrons. The number of amides is 1. The van der Waals surface area contributed by atoms with Crippen LogP contribution in [0.2, 0.25) is 0 Å². The first-order chi connectivity index (χ1) is 18.1. The molecule has 11 heteroatoms. The minimum absolute atomic E-state index is 0.0209. The molecule has 0 spiro atoms. The van der Waals surface area contributed by atoms with E-state index in [-0.39, 0.29) is 60.9 Å². The fraction of sp³-hybridized carbons (Fsp3) is 0.481. The number of carbonyl (C=O) groups is 2. The van der Waals surface area contributed by atoms with E-state index in [2.05, 4.69) is 9.64 Å². The maximum atomic E-state index is 14.6. The summed E-state index contributed by atoms with van der Waals surface area (Å²) in [5.74, 6) is -1.96. The third kappa shape index (κ3) is 4.68. The Balaban J connectivity index is 1.28. The van der Waals surface area contributed by atoms with Gasteiger partial charge in [-0.2, -0.15) is 0 Å². The monoisotopic (exact) mass is 534 g/mol. The highest BCUT2D eigenvalue weighted by Gasteiger charge is 2.57. The van der Waals surface area contributed by atoms with Gasteiger partial charge >= 0.3 is 12.3 Å². The van der Waals surface area contributed by atoms with Crippen molar-refractivity contribution in [3.05, 3.63) is 59.4 Å². The van der Waals surface area contributed by atoms with Gasteiger partial charge in [-0.15, -0.1) is 13.2 Å². The molecule has 2 aliphatic carbocycles. The van der Waals surface area contributed by atoms with Crippen molar-refractivity contribution in [3.8, 4) is 5.75 Å². The molecule has 2 aliphatic heterocycles. The number of halogens is 4. The summed E-state index contributed by atoms with van der Waals surface area (Å²) in [6.45, 7) is 0. The largest absolute Gasteiger partial charge is 0.573 e. The van der Waals surface area contributed by atoms with E-state index in [9.17, 15) is 27.2 Å². The molecule has 0 bridgehead atoms. The van der Waals surface area contributed by atoms with Crippen LogP contribution in [0.1, 0.15) is 61.8 Å². The highest BCUT2D eigenvalue weighted by atomic mass is 19.4. The van der Waals surface area contributed by atoms with E-state index in [1.165, 1.54) is 36.4 Å². The molecule has 4 aliphatic rings. The van der Waals surface area contributed by atoms with E-state index in [1.807, 2.05) is 0 Å². The molecule has 38 heavy (non-hydrogen) atoms. The van der Waals surface area contributed by atoms with Crippen LogP contribution >= 0.6 is 0 Å². The Labute approximate surface area is 215 Å². The lowest BCUT2D eigenvalue weighted by Gasteiger charge is -2.56. The Morgan fingerprint density at radius 2 is 1.79 bits per heavy atom. The second kappa shape index (κ2) is 9.14. The molecule has 1 amide bonds. The van der Waals surface area contributed by atoms with Gasteiger partial charge in [0.1, 0.15) is 17.7 Å². The number of benzene rings is 2. The lowest BCUT2D eigenvalue weighted by Crippen LogP contribution is -2.58. The predicted molar refractivity (Wildman–Crippen MR) is 126 cm³/mol. The van der Waals surface area contributed by atoms with Gasteiger partial charge in [-0.1, -0.05) is 12.1 Å². The molecule has 1 saturated heterocycles. The van der Waals surface area contributed by atoms with E-state index < -0.39 is 18.1 Å². The fourth-order valence-corrected chi connectivity index (χ4v) is 6.01. The van der Waals surface area contributed by atoms with Gasteiger partial charge in [0.05, 0.1) is 12.5 Å². The number of anilines is 1. The maximum Gasteiger partial charge on any atom is 0.573 e. The minimum atomic E-state index is -4.77. The summed E-state index contributed by atoms with van der Waals surface area (Å²) >= 11 is 0. The van der Waals surface area contributed by atoms with Gasteiger partial charge in [0, 0.05) is 35.7 Å². The van der Waals surface area contributed by atoms with Gasteiger partial charge in [0.2, 0.25) is 5.91 Å². The number of epoxide rings is 1. The van der Waals surface area contributed by atoms with Crippen molar-refractivity contribution in [2.24, 2.45) is 5.92 Å². The fourth-order valence-electron chi connectivity index (χ4n) is 6.01. The van der Waals surface area contributed by atoms with Gasteiger partial charge in [-0.25, -0.2) is 4.39 Å². The second-order valence-electron chi connectivity index (χ2n) is 10.4. The normalized spacial score (nSPS) is 27.6. The number of carbonyl (C=O) groups excluding carboxylic acids is 1. The van der Waals surface area contributed by atoms with Crippen LogP contribution in [0.4, 0.5) is 23.2 Å². The highest BCUT2D eigenvalue weighted by molar-refractivity contribution is 5.82. The molecule has 6 rings (SSSR count). The number of nitrogens with zero attached hydrogens (tertiary/aromatic N) is 2. The number of carboxylic acids is 1. The minimum Gasteiger partial charge on any atom is -0.481 e. The molecule has 2 saturated carbocycles. The molecule has 5 unspecified atom stereocenters. The molecule has 202 valence electrons. The van der Waals surface area contributed by atoms with Gasteiger partial charge in [0.15, 0.2) is 6.23 Å². The maximum absolute atomic E-state index is 14.6.